The van der Waals surface area contributed by atoms with Crippen molar-refractivity contribution in [3.63, 3.8) is 0 Å². The number of rotatable bonds is 5. The van der Waals surface area contributed by atoms with Crippen molar-refractivity contribution in [2.45, 2.75) is 13.0 Å². The number of benzene rings is 2. The molecule has 4 nitrogen and oxygen atoms in total. The smallest absolute Gasteiger partial charge is 0.340 e. The van der Waals surface area contributed by atoms with Crippen LogP contribution in [0.3, 0.4) is 0 Å². The van der Waals surface area contributed by atoms with Gasteiger partial charge in [-0.25, -0.2) is 9.18 Å². The number of amides is 1. The van der Waals surface area contributed by atoms with Gasteiger partial charge in [0.25, 0.3) is 5.91 Å². The number of halogens is 2. The number of nitrogens with one attached hydrogen (secondary N) is 1. The fourth-order valence-electron chi connectivity index (χ4n) is 1.95. The average Bonchev–Trinajstić information content (AvgIpc) is 2.53. The van der Waals surface area contributed by atoms with Crippen LogP contribution < -0.4 is 5.32 Å². The Morgan fingerprint density at radius 2 is 1.83 bits per heavy atom. The van der Waals surface area contributed by atoms with Gasteiger partial charge in [0.05, 0.1) is 16.6 Å². The molecule has 1 atom stereocenters. The summed E-state index contributed by atoms with van der Waals surface area (Å²) in [6, 6.07) is 11.9. The number of carbonyl (C=O) groups is 2. The highest BCUT2D eigenvalue weighted by Gasteiger charge is 2.15. The highest BCUT2D eigenvalue weighted by Crippen LogP contribution is 2.16. The highest BCUT2D eigenvalue weighted by atomic mass is 35.5. The van der Waals surface area contributed by atoms with Crippen LogP contribution in [-0.4, -0.2) is 18.5 Å². The summed E-state index contributed by atoms with van der Waals surface area (Å²) in [5.41, 5.74) is 0.950. The zero-order valence-electron chi connectivity index (χ0n) is 12.4. The van der Waals surface area contributed by atoms with E-state index in [4.69, 9.17) is 16.3 Å². The van der Waals surface area contributed by atoms with Crippen LogP contribution in [0.1, 0.15) is 28.9 Å². The zero-order valence-corrected chi connectivity index (χ0v) is 13.1. The van der Waals surface area contributed by atoms with Crippen molar-refractivity contribution in [2.75, 3.05) is 6.61 Å². The van der Waals surface area contributed by atoms with Crippen LogP contribution >= 0.6 is 11.6 Å². The first-order chi connectivity index (χ1) is 11.0. The molecule has 23 heavy (non-hydrogen) atoms. The Balaban J connectivity index is 1.86. The Labute approximate surface area is 138 Å². The summed E-state index contributed by atoms with van der Waals surface area (Å²) in [5.74, 6) is -1.47. The molecule has 2 aromatic rings. The summed E-state index contributed by atoms with van der Waals surface area (Å²) in [5, 5.41) is 2.93. The molecule has 0 aliphatic carbocycles. The first-order valence-electron chi connectivity index (χ1n) is 6.94. The zero-order chi connectivity index (χ0) is 16.8. The van der Waals surface area contributed by atoms with E-state index in [0.29, 0.717) is 0 Å². The van der Waals surface area contributed by atoms with E-state index in [0.717, 1.165) is 5.56 Å². The third-order valence-corrected chi connectivity index (χ3v) is 3.51. The Kier molecular flexibility index (Phi) is 5.71. The number of hydrogen-bond donors (Lipinski definition) is 1. The van der Waals surface area contributed by atoms with E-state index in [1.54, 1.807) is 37.3 Å². The van der Waals surface area contributed by atoms with Crippen LogP contribution in [0.15, 0.2) is 48.5 Å². The van der Waals surface area contributed by atoms with E-state index >= 15 is 0 Å². The molecule has 0 radical (unpaired) electrons. The normalized spacial score (nSPS) is 11.6. The van der Waals surface area contributed by atoms with E-state index in [1.807, 2.05) is 0 Å². The molecule has 2 aromatic carbocycles. The van der Waals surface area contributed by atoms with Gasteiger partial charge >= 0.3 is 5.97 Å². The number of hydrogen-bond acceptors (Lipinski definition) is 3. The maximum absolute atomic E-state index is 12.9. The molecule has 0 saturated carbocycles. The standard InChI is InChI=1S/C17H15ClFNO3/c1-11(12-6-8-13(19)9-7-12)20-16(21)10-23-17(22)14-4-2-3-5-15(14)18/h2-9,11H,10H2,1H3,(H,20,21)/t11-/m0/s1. The van der Waals surface area contributed by atoms with Crippen LogP contribution in [0, 0.1) is 5.82 Å². The van der Waals surface area contributed by atoms with Gasteiger partial charge in [-0.1, -0.05) is 35.9 Å². The fraction of sp³-hybridized carbons (Fsp3) is 0.176. The summed E-state index contributed by atoms with van der Waals surface area (Å²) in [6.07, 6.45) is 0. The minimum absolute atomic E-state index is 0.202. The molecule has 0 heterocycles. The van der Waals surface area contributed by atoms with E-state index in [9.17, 15) is 14.0 Å². The molecule has 2 rings (SSSR count). The van der Waals surface area contributed by atoms with Crippen molar-refractivity contribution in [3.8, 4) is 0 Å². The van der Waals surface area contributed by atoms with Crippen LogP contribution in [0.25, 0.3) is 0 Å². The van der Waals surface area contributed by atoms with Crippen molar-refractivity contribution in [1.82, 2.24) is 5.32 Å². The first-order valence-corrected chi connectivity index (χ1v) is 7.31. The second-order valence-corrected chi connectivity index (χ2v) is 5.30. The summed E-state index contributed by atoms with van der Waals surface area (Å²) in [4.78, 5) is 23.7. The van der Waals surface area contributed by atoms with E-state index in [-0.39, 0.29) is 22.4 Å². The molecule has 0 bridgehead atoms. The molecule has 6 heteroatoms. The third-order valence-electron chi connectivity index (χ3n) is 3.18. The molecule has 0 saturated heterocycles. The molecule has 0 aromatic heterocycles. The first kappa shape index (κ1) is 17.0. The Hall–Kier alpha value is -2.40. The maximum atomic E-state index is 12.9. The van der Waals surface area contributed by atoms with Gasteiger partial charge in [0.1, 0.15) is 5.82 Å². The molecule has 0 unspecified atom stereocenters. The topological polar surface area (TPSA) is 55.4 Å². The molecule has 1 N–H and O–H groups in total. The minimum atomic E-state index is -0.666. The lowest BCUT2D eigenvalue weighted by Crippen LogP contribution is -2.31. The van der Waals surface area contributed by atoms with E-state index < -0.39 is 18.5 Å². The second kappa shape index (κ2) is 7.74. The minimum Gasteiger partial charge on any atom is -0.452 e. The predicted octanol–water partition coefficient (Wildman–Crippen LogP) is 3.51. The SMILES string of the molecule is C[C@H](NC(=O)COC(=O)c1ccccc1Cl)c1ccc(F)cc1. The van der Waals surface area contributed by atoms with Crippen LogP contribution in [0.4, 0.5) is 4.39 Å². The lowest BCUT2D eigenvalue weighted by atomic mass is 10.1. The number of esters is 1. The summed E-state index contributed by atoms with van der Waals surface area (Å²) in [6.45, 7) is 1.33. The molecular formula is C17H15ClFNO3. The molecule has 120 valence electrons. The monoisotopic (exact) mass is 335 g/mol. The van der Waals surface area contributed by atoms with Gasteiger partial charge in [0, 0.05) is 0 Å². The van der Waals surface area contributed by atoms with Gasteiger partial charge < -0.3 is 10.1 Å². The van der Waals surface area contributed by atoms with Gasteiger partial charge in [0.15, 0.2) is 6.61 Å². The molecule has 0 aliphatic heterocycles. The van der Waals surface area contributed by atoms with Gasteiger partial charge in [-0.05, 0) is 36.8 Å². The van der Waals surface area contributed by atoms with Gasteiger partial charge in [-0.15, -0.1) is 0 Å². The van der Waals surface area contributed by atoms with Crippen LogP contribution in [-0.2, 0) is 9.53 Å². The Morgan fingerprint density at radius 3 is 2.48 bits per heavy atom. The van der Waals surface area contributed by atoms with Gasteiger partial charge in [-0.3, -0.25) is 4.79 Å². The van der Waals surface area contributed by atoms with Crippen molar-refractivity contribution in [3.05, 3.63) is 70.5 Å². The van der Waals surface area contributed by atoms with Gasteiger partial charge in [-0.2, -0.15) is 0 Å². The molecule has 1 amide bonds. The van der Waals surface area contributed by atoms with E-state index in [2.05, 4.69) is 5.32 Å². The predicted molar refractivity (Wildman–Crippen MR) is 84.7 cm³/mol. The van der Waals surface area contributed by atoms with Crippen LogP contribution in [0.2, 0.25) is 5.02 Å². The molecule has 0 fully saturated rings. The largest absolute Gasteiger partial charge is 0.452 e. The van der Waals surface area contributed by atoms with Crippen molar-refractivity contribution >= 4 is 23.5 Å². The highest BCUT2D eigenvalue weighted by molar-refractivity contribution is 6.33. The maximum Gasteiger partial charge on any atom is 0.340 e. The van der Waals surface area contributed by atoms with Crippen molar-refractivity contribution in [2.24, 2.45) is 0 Å². The molecular weight excluding hydrogens is 321 g/mol. The lowest BCUT2D eigenvalue weighted by molar-refractivity contribution is -0.124. The summed E-state index contributed by atoms with van der Waals surface area (Å²) < 4.78 is 17.8. The summed E-state index contributed by atoms with van der Waals surface area (Å²) >= 11 is 5.88. The third kappa shape index (κ3) is 4.79. The average molecular weight is 336 g/mol. The number of carbonyl (C=O) groups excluding carboxylic acids is 2. The quantitative estimate of drug-likeness (QED) is 0.851. The molecule has 0 spiro atoms. The fourth-order valence-corrected chi connectivity index (χ4v) is 2.17. The van der Waals surface area contributed by atoms with Gasteiger partial charge in [0.2, 0.25) is 0 Å². The Bertz CT molecular complexity index is 703. The Morgan fingerprint density at radius 1 is 1.17 bits per heavy atom. The number of ether oxygens (including phenoxy) is 1. The van der Waals surface area contributed by atoms with Crippen molar-refractivity contribution < 1.29 is 18.7 Å². The second-order valence-electron chi connectivity index (χ2n) is 4.90. The van der Waals surface area contributed by atoms with Crippen molar-refractivity contribution in [1.29, 1.82) is 0 Å². The lowest BCUT2D eigenvalue weighted by Gasteiger charge is -2.14. The van der Waals surface area contributed by atoms with Crippen LogP contribution in [0.5, 0.6) is 0 Å². The summed E-state index contributed by atoms with van der Waals surface area (Å²) in [7, 11) is 0. The van der Waals surface area contributed by atoms with E-state index in [1.165, 1.54) is 18.2 Å². The molecule has 0 aliphatic rings.